The first-order valence-corrected chi connectivity index (χ1v) is 8.14. The van der Waals surface area contributed by atoms with Crippen molar-refractivity contribution in [1.29, 1.82) is 0 Å². The third kappa shape index (κ3) is 4.19. The van der Waals surface area contributed by atoms with E-state index < -0.39 is 5.60 Å². The zero-order valence-corrected chi connectivity index (χ0v) is 14.2. The summed E-state index contributed by atoms with van der Waals surface area (Å²) in [5.41, 5.74) is -0.497. The van der Waals surface area contributed by atoms with Crippen molar-refractivity contribution in [3.8, 4) is 0 Å². The molecular weight excluding hydrogens is 304 g/mol. The number of amides is 1. The van der Waals surface area contributed by atoms with E-state index in [-0.39, 0.29) is 18.0 Å². The van der Waals surface area contributed by atoms with Gasteiger partial charge in [-0.1, -0.05) is 0 Å². The van der Waals surface area contributed by atoms with Crippen LogP contribution >= 0.6 is 11.3 Å². The molecule has 1 amide bonds. The van der Waals surface area contributed by atoms with Gasteiger partial charge in [0.15, 0.2) is 0 Å². The van der Waals surface area contributed by atoms with Crippen LogP contribution in [0.25, 0.3) is 0 Å². The molecule has 0 aromatic carbocycles. The van der Waals surface area contributed by atoms with Crippen LogP contribution in [0.2, 0.25) is 0 Å². The van der Waals surface area contributed by atoms with E-state index >= 15 is 0 Å². The fraction of sp³-hybridized carbons (Fsp3) is 0.667. The number of hydrogen-bond acceptors (Lipinski definition) is 6. The van der Waals surface area contributed by atoms with E-state index in [4.69, 9.17) is 9.47 Å². The molecule has 1 fully saturated rings. The van der Waals surface area contributed by atoms with Gasteiger partial charge < -0.3 is 14.4 Å². The third-order valence-electron chi connectivity index (χ3n) is 3.33. The Bertz CT molecular complexity index is 550. The fourth-order valence-corrected chi connectivity index (χ4v) is 3.30. The number of rotatable bonds is 2. The van der Waals surface area contributed by atoms with E-state index in [2.05, 4.69) is 4.98 Å². The number of esters is 1. The highest BCUT2D eigenvalue weighted by Crippen LogP contribution is 2.30. The Morgan fingerprint density at radius 3 is 2.77 bits per heavy atom. The quantitative estimate of drug-likeness (QED) is 0.781. The minimum atomic E-state index is -0.497. The van der Waals surface area contributed by atoms with Crippen molar-refractivity contribution in [3.63, 3.8) is 0 Å². The second-order valence-corrected chi connectivity index (χ2v) is 7.38. The SMILES string of the molecule is COC(=O)c1cnc([C@H]2CCCN(C(=O)OC(C)(C)C)C2)s1. The molecule has 1 aliphatic heterocycles. The Hall–Kier alpha value is -1.63. The van der Waals surface area contributed by atoms with E-state index in [9.17, 15) is 9.59 Å². The molecule has 1 aromatic rings. The second kappa shape index (κ2) is 6.64. The molecule has 0 spiro atoms. The summed E-state index contributed by atoms with van der Waals surface area (Å²) in [7, 11) is 1.35. The van der Waals surface area contributed by atoms with E-state index in [0.29, 0.717) is 18.0 Å². The van der Waals surface area contributed by atoms with E-state index in [1.54, 1.807) is 4.90 Å². The molecule has 0 aliphatic carbocycles. The molecule has 2 heterocycles. The number of likely N-dealkylation sites (tertiary alicyclic amines) is 1. The molecule has 122 valence electrons. The summed E-state index contributed by atoms with van der Waals surface area (Å²) < 4.78 is 10.1. The third-order valence-corrected chi connectivity index (χ3v) is 4.47. The van der Waals surface area contributed by atoms with Crippen molar-refractivity contribution in [2.75, 3.05) is 20.2 Å². The number of nitrogens with zero attached hydrogens (tertiary/aromatic N) is 2. The number of carbonyl (C=O) groups is 2. The summed E-state index contributed by atoms with van der Waals surface area (Å²) in [4.78, 5) is 30.2. The van der Waals surface area contributed by atoms with Crippen molar-refractivity contribution < 1.29 is 19.1 Å². The van der Waals surface area contributed by atoms with Gasteiger partial charge >= 0.3 is 12.1 Å². The Morgan fingerprint density at radius 1 is 1.41 bits per heavy atom. The predicted octanol–water partition coefficient (Wildman–Crippen LogP) is 3.04. The van der Waals surface area contributed by atoms with E-state index in [0.717, 1.165) is 17.8 Å². The van der Waals surface area contributed by atoms with Crippen molar-refractivity contribution in [2.45, 2.75) is 45.1 Å². The average molecular weight is 326 g/mol. The van der Waals surface area contributed by atoms with Crippen LogP contribution in [0.4, 0.5) is 4.79 Å². The van der Waals surface area contributed by atoms with Gasteiger partial charge in [-0.15, -0.1) is 11.3 Å². The molecule has 7 heteroatoms. The van der Waals surface area contributed by atoms with Crippen LogP contribution in [0.3, 0.4) is 0 Å². The maximum Gasteiger partial charge on any atom is 0.410 e. The summed E-state index contributed by atoms with van der Waals surface area (Å²) in [6.07, 6.45) is 3.10. The summed E-state index contributed by atoms with van der Waals surface area (Å²) in [5.74, 6) is -0.228. The molecule has 1 saturated heterocycles. The number of carbonyl (C=O) groups excluding carboxylic acids is 2. The lowest BCUT2D eigenvalue weighted by Crippen LogP contribution is -2.42. The number of methoxy groups -OCH3 is 1. The number of thiazole rings is 1. The van der Waals surface area contributed by atoms with E-state index in [1.165, 1.54) is 24.6 Å². The fourth-order valence-electron chi connectivity index (χ4n) is 2.34. The van der Waals surface area contributed by atoms with Gasteiger partial charge in [-0.2, -0.15) is 0 Å². The second-order valence-electron chi connectivity index (χ2n) is 6.32. The highest BCUT2D eigenvalue weighted by atomic mass is 32.1. The smallest absolute Gasteiger partial charge is 0.410 e. The zero-order valence-electron chi connectivity index (χ0n) is 13.4. The van der Waals surface area contributed by atoms with Crippen LogP contribution in [0.5, 0.6) is 0 Å². The first-order chi connectivity index (χ1) is 10.3. The molecule has 0 saturated carbocycles. The van der Waals surface area contributed by atoms with Gasteiger partial charge in [0.2, 0.25) is 0 Å². The van der Waals surface area contributed by atoms with Crippen molar-refractivity contribution in [3.05, 3.63) is 16.1 Å². The molecule has 1 atom stereocenters. The average Bonchev–Trinajstić information content (AvgIpc) is 2.94. The van der Waals surface area contributed by atoms with Crippen molar-refractivity contribution in [2.24, 2.45) is 0 Å². The normalized spacial score (nSPS) is 18.9. The predicted molar refractivity (Wildman–Crippen MR) is 83.2 cm³/mol. The molecule has 0 N–H and O–H groups in total. The summed E-state index contributed by atoms with van der Waals surface area (Å²) >= 11 is 1.33. The first kappa shape index (κ1) is 16.7. The van der Waals surface area contributed by atoms with Crippen LogP contribution < -0.4 is 0 Å². The van der Waals surface area contributed by atoms with Crippen molar-refractivity contribution in [1.82, 2.24) is 9.88 Å². The van der Waals surface area contributed by atoms with Gasteiger partial charge in [0, 0.05) is 19.0 Å². The highest BCUT2D eigenvalue weighted by Gasteiger charge is 2.30. The molecule has 22 heavy (non-hydrogen) atoms. The maximum absolute atomic E-state index is 12.2. The topological polar surface area (TPSA) is 68.7 Å². The Balaban J connectivity index is 2.03. The first-order valence-electron chi connectivity index (χ1n) is 7.32. The number of hydrogen-bond donors (Lipinski definition) is 0. The Morgan fingerprint density at radius 2 is 2.14 bits per heavy atom. The molecule has 6 nitrogen and oxygen atoms in total. The maximum atomic E-state index is 12.2. The lowest BCUT2D eigenvalue weighted by atomic mass is 9.99. The van der Waals surface area contributed by atoms with E-state index in [1.807, 2.05) is 20.8 Å². The lowest BCUT2D eigenvalue weighted by molar-refractivity contribution is 0.0198. The molecule has 2 rings (SSSR count). The Labute approximate surface area is 134 Å². The monoisotopic (exact) mass is 326 g/mol. The molecular formula is C15H22N2O4S. The van der Waals surface area contributed by atoms with Gasteiger partial charge in [-0.05, 0) is 33.6 Å². The Kier molecular flexibility index (Phi) is 5.05. The minimum Gasteiger partial charge on any atom is -0.465 e. The molecule has 1 aromatic heterocycles. The van der Waals surface area contributed by atoms with Crippen molar-refractivity contribution >= 4 is 23.4 Å². The van der Waals surface area contributed by atoms with Gasteiger partial charge in [0.1, 0.15) is 10.5 Å². The van der Waals surface area contributed by atoms with Crippen LogP contribution in [0.15, 0.2) is 6.20 Å². The lowest BCUT2D eigenvalue weighted by Gasteiger charge is -2.33. The van der Waals surface area contributed by atoms with Crippen LogP contribution in [0.1, 0.15) is 54.2 Å². The number of aromatic nitrogens is 1. The standard InChI is InChI=1S/C15H22N2O4S/c1-15(2,3)21-14(19)17-7-5-6-10(9-17)12-16-8-11(22-12)13(18)20-4/h8,10H,5-7,9H2,1-4H3/t10-/m0/s1. The molecule has 1 aliphatic rings. The number of ether oxygens (including phenoxy) is 2. The molecule has 0 bridgehead atoms. The highest BCUT2D eigenvalue weighted by molar-refractivity contribution is 7.13. The largest absolute Gasteiger partial charge is 0.465 e. The zero-order chi connectivity index (χ0) is 16.3. The number of piperidine rings is 1. The van der Waals surface area contributed by atoms with Crippen LogP contribution in [-0.4, -0.2) is 47.7 Å². The van der Waals surface area contributed by atoms with Crippen LogP contribution in [-0.2, 0) is 9.47 Å². The summed E-state index contributed by atoms with van der Waals surface area (Å²) in [6.45, 7) is 6.84. The summed E-state index contributed by atoms with van der Waals surface area (Å²) in [6, 6.07) is 0. The van der Waals surface area contributed by atoms with Gasteiger partial charge in [0.25, 0.3) is 0 Å². The minimum absolute atomic E-state index is 0.143. The summed E-state index contributed by atoms with van der Waals surface area (Å²) in [5, 5.41) is 0.869. The molecule has 0 unspecified atom stereocenters. The molecule has 0 radical (unpaired) electrons. The van der Waals surface area contributed by atoms with Gasteiger partial charge in [-0.25, -0.2) is 14.6 Å². The van der Waals surface area contributed by atoms with Crippen LogP contribution in [0, 0.1) is 0 Å². The van der Waals surface area contributed by atoms with Gasteiger partial charge in [-0.3, -0.25) is 0 Å². The van der Waals surface area contributed by atoms with Gasteiger partial charge in [0.05, 0.1) is 18.3 Å².